The quantitative estimate of drug-likeness (QED) is 0.737. The van der Waals surface area contributed by atoms with Gasteiger partial charge in [-0.05, 0) is 47.5 Å². The number of halogens is 4. The average molecular weight is 437 g/mol. The van der Waals surface area contributed by atoms with Gasteiger partial charge in [-0.2, -0.15) is 13.2 Å². The molecule has 2 aliphatic heterocycles. The monoisotopic (exact) mass is 436 g/mol. The number of carbonyl (C=O) groups is 2. The summed E-state index contributed by atoms with van der Waals surface area (Å²) in [4.78, 5) is 27.4. The average Bonchev–Trinajstić information content (AvgIpc) is 2.97. The Balaban J connectivity index is 1.74. The van der Waals surface area contributed by atoms with Gasteiger partial charge in [0.25, 0.3) is 5.91 Å². The number of hydrogen-bond donors (Lipinski definition) is 1. The first-order valence-electron chi connectivity index (χ1n) is 9.05. The molecular formula is C21H16ClF3N2O3. The number of benzene rings is 2. The Bertz CT molecular complexity index is 1080. The van der Waals surface area contributed by atoms with Gasteiger partial charge < -0.3 is 14.9 Å². The van der Waals surface area contributed by atoms with Crippen molar-refractivity contribution in [3.8, 4) is 16.9 Å². The van der Waals surface area contributed by atoms with E-state index in [1.165, 1.54) is 34.1 Å². The van der Waals surface area contributed by atoms with Crippen molar-refractivity contribution in [2.45, 2.75) is 18.8 Å². The standard InChI is InChI=1S/C21H16ClF3N2O3/c1-2-19(29)26-8-12(9-26)27-10-16-15(20(27)30)5-11(6-17(16)21(23,24)25)14-7-13(28)3-4-18(14)22/h2-7,12,28H,1,8-10H2. The molecule has 2 amide bonds. The van der Waals surface area contributed by atoms with Crippen LogP contribution in [0.4, 0.5) is 13.2 Å². The number of alkyl halides is 3. The maximum atomic E-state index is 13.8. The number of likely N-dealkylation sites (tertiary alicyclic amines) is 1. The molecule has 0 unspecified atom stereocenters. The van der Waals surface area contributed by atoms with Crippen molar-refractivity contribution in [1.29, 1.82) is 0 Å². The highest BCUT2D eigenvalue weighted by molar-refractivity contribution is 6.33. The zero-order valence-electron chi connectivity index (χ0n) is 15.5. The molecule has 0 bridgehead atoms. The summed E-state index contributed by atoms with van der Waals surface area (Å²) in [5.74, 6) is -0.964. The summed E-state index contributed by atoms with van der Waals surface area (Å²) >= 11 is 6.12. The molecule has 5 nitrogen and oxygen atoms in total. The van der Waals surface area contributed by atoms with E-state index in [0.29, 0.717) is 0 Å². The summed E-state index contributed by atoms with van der Waals surface area (Å²) in [6.07, 6.45) is -3.52. The van der Waals surface area contributed by atoms with E-state index >= 15 is 0 Å². The lowest BCUT2D eigenvalue weighted by Gasteiger charge is -2.43. The summed E-state index contributed by atoms with van der Waals surface area (Å²) in [6, 6.07) is 5.92. The van der Waals surface area contributed by atoms with Crippen molar-refractivity contribution < 1.29 is 27.9 Å². The molecule has 0 aliphatic carbocycles. The number of hydrogen-bond acceptors (Lipinski definition) is 3. The molecule has 0 saturated carbocycles. The molecule has 4 rings (SSSR count). The topological polar surface area (TPSA) is 60.9 Å². The molecule has 1 N–H and O–H groups in total. The van der Waals surface area contributed by atoms with E-state index in [0.717, 1.165) is 12.1 Å². The van der Waals surface area contributed by atoms with Crippen LogP contribution in [0.3, 0.4) is 0 Å². The zero-order chi connectivity index (χ0) is 21.8. The SMILES string of the molecule is C=CC(=O)N1CC(N2Cc3c(cc(-c4cc(O)ccc4Cl)cc3C(F)(F)F)C2=O)C1. The van der Waals surface area contributed by atoms with Crippen LogP contribution in [0, 0.1) is 0 Å². The van der Waals surface area contributed by atoms with Crippen LogP contribution in [-0.2, 0) is 17.5 Å². The second-order valence-corrected chi connectivity index (χ2v) is 7.65. The minimum absolute atomic E-state index is 0.0484. The molecule has 9 heteroatoms. The minimum Gasteiger partial charge on any atom is -0.508 e. The van der Waals surface area contributed by atoms with Crippen LogP contribution < -0.4 is 0 Å². The lowest BCUT2D eigenvalue weighted by Crippen LogP contribution is -2.60. The number of carbonyl (C=O) groups excluding carboxylic acids is 2. The molecule has 0 spiro atoms. The molecule has 156 valence electrons. The molecule has 2 aliphatic rings. The minimum atomic E-state index is -4.68. The van der Waals surface area contributed by atoms with Crippen LogP contribution in [0.15, 0.2) is 43.0 Å². The molecule has 1 saturated heterocycles. The van der Waals surface area contributed by atoms with Crippen molar-refractivity contribution in [2.24, 2.45) is 0 Å². The smallest absolute Gasteiger partial charge is 0.416 e. The van der Waals surface area contributed by atoms with E-state index in [1.807, 2.05) is 0 Å². The first kappa shape index (κ1) is 20.3. The van der Waals surface area contributed by atoms with Gasteiger partial charge in [-0.15, -0.1) is 0 Å². The highest BCUT2D eigenvalue weighted by Gasteiger charge is 2.44. The molecule has 0 radical (unpaired) electrons. The zero-order valence-corrected chi connectivity index (χ0v) is 16.3. The van der Waals surface area contributed by atoms with Crippen molar-refractivity contribution in [1.82, 2.24) is 9.80 Å². The Labute approximate surface area is 175 Å². The third-order valence-corrected chi connectivity index (χ3v) is 5.75. The van der Waals surface area contributed by atoms with Crippen molar-refractivity contribution >= 4 is 23.4 Å². The Hall–Kier alpha value is -3.00. The Morgan fingerprint density at radius 3 is 2.53 bits per heavy atom. The molecular weight excluding hydrogens is 421 g/mol. The van der Waals surface area contributed by atoms with Crippen LogP contribution in [0.25, 0.3) is 11.1 Å². The predicted molar refractivity (Wildman–Crippen MR) is 104 cm³/mol. The van der Waals surface area contributed by atoms with Crippen LogP contribution in [0.2, 0.25) is 5.02 Å². The fourth-order valence-electron chi connectivity index (χ4n) is 3.83. The Morgan fingerprint density at radius 1 is 1.20 bits per heavy atom. The van der Waals surface area contributed by atoms with E-state index in [1.54, 1.807) is 0 Å². The van der Waals surface area contributed by atoms with Crippen LogP contribution in [0.5, 0.6) is 5.75 Å². The Morgan fingerprint density at radius 2 is 1.90 bits per heavy atom. The number of phenolic OH excluding ortho intramolecular Hbond substituents is 1. The second-order valence-electron chi connectivity index (χ2n) is 7.25. The summed E-state index contributed by atoms with van der Waals surface area (Å²) in [7, 11) is 0. The van der Waals surface area contributed by atoms with Crippen molar-refractivity contribution in [3.63, 3.8) is 0 Å². The molecule has 0 aromatic heterocycles. The molecule has 2 aromatic carbocycles. The fraction of sp³-hybridized carbons (Fsp3) is 0.238. The highest BCUT2D eigenvalue weighted by Crippen LogP contribution is 2.42. The van der Waals surface area contributed by atoms with Crippen molar-refractivity contribution in [2.75, 3.05) is 13.1 Å². The van der Waals surface area contributed by atoms with Gasteiger partial charge in [0.2, 0.25) is 5.91 Å². The first-order valence-corrected chi connectivity index (χ1v) is 9.43. The lowest BCUT2D eigenvalue weighted by atomic mass is 9.95. The number of rotatable bonds is 3. The third-order valence-electron chi connectivity index (χ3n) is 5.43. The number of aromatic hydroxyl groups is 1. The highest BCUT2D eigenvalue weighted by atomic mass is 35.5. The van der Waals surface area contributed by atoms with Gasteiger partial charge in [-0.3, -0.25) is 9.59 Å². The summed E-state index contributed by atoms with van der Waals surface area (Å²) in [5.41, 5.74) is -0.769. The van der Waals surface area contributed by atoms with Gasteiger partial charge in [0.15, 0.2) is 0 Å². The molecule has 2 aromatic rings. The van der Waals surface area contributed by atoms with E-state index in [2.05, 4.69) is 6.58 Å². The molecule has 1 fully saturated rings. The number of phenols is 1. The maximum absolute atomic E-state index is 13.8. The second kappa shape index (κ2) is 7.05. The summed E-state index contributed by atoms with van der Waals surface area (Å²) in [6.45, 7) is 3.71. The van der Waals surface area contributed by atoms with Gasteiger partial charge in [0.1, 0.15) is 5.75 Å². The van der Waals surface area contributed by atoms with Crippen LogP contribution in [-0.4, -0.2) is 45.9 Å². The van der Waals surface area contributed by atoms with Crippen molar-refractivity contribution in [3.05, 3.63) is 64.7 Å². The molecule has 0 atom stereocenters. The maximum Gasteiger partial charge on any atom is 0.416 e. The number of fused-ring (bicyclic) bond motifs is 1. The van der Waals surface area contributed by atoms with Gasteiger partial charge in [-0.1, -0.05) is 18.2 Å². The van der Waals surface area contributed by atoms with Gasteiger partial charge in [0, 0.05) is 35.8 Å². The molecule has 2 heterocycles. The number of nitrogens with zero attached hydrogens (tertiary/aromatic N) is 2. The van der Waals surface area contributed by atoms with Crippen LogP contribution >= 0.6 is 11.6 Å². The fourth-order valence-corrected chi connectivity index (χ4v) is 4.06. The van der Waals surface area contributed by atoms with Gasteiger partial charge in [-0.25, -0.2) is 0 Å². The summed E-state index contributed by atoms with van der Waals surface area (Å²) < 4.78 is 41.4. The normalized spacial score (nSPS) is 16.5. The largest absolute Gasteiger partial charge is 0.508 e. The predicted octanol–water partition coefficient (Wildman–Crippen LogP) is 4.08. The Kier molecular flexibility index (Phi) is 4.77. The van der Waals surface area contributed by atoms with E-state index < -0.39 is 17.6 Å². The van der Waals surface area contributed by atoms with Crippen LogP contribution in [0.1, 0.15) is 21.5 Å². The lowest BCUT2D eigenvalue weighted by molar-refractivity contribution is -0.138. The van der Waals surface area contributed by atoms with Gasteiger partial charge in [0.05, 0.1) is 11.6 Å². The van der Waals surface area contributed by atoms with E-state index in [4.69, 9.17) is 11.6 Å². The number of amides is 2. The van der Waals surface area contributed by atoms with E-state index in [9.17, 15) is 27.9 Å². The summed E-state index contributed by atoms with van der Waals surface area (Å²) in [5, 5.41) is 9.88. The van der Waals surface area contributed by atoms with E-state index in [-0.39, 0.29) is 64.6 Å². The first-order chi connectivity index (χ1) is 14.1. The molecule has 30 heavy (non-hydrogen) atoms. The van der Waals surface area contributed by atoms with Gasteiger partial charge >= 0.3 is 6.18 Å². The third kappa shape index (κ3) is 3.31.